The Kier molecular flexibility index (Phi) is 4.31. The zero-order valence-electron chi connectivity index (χ0n) is 10.7. The van der Waals surface area contributed by atoms with Crippen molar-refractivity contribution < 1.29 is 9.53 Å². The van der Waals surface area contributed by atoms with Crippen LogP contribution in [0, 0.1) is 19.8 Å². The van der Waals surface area contributed by atoms with Crippen LogP contribution < -0.4 is 11.1 Å². The zero-order chi connectivity index (χ0) is 13.1. The first-order chi connectivity index (χ1) is 8.58. The fourth-order valence-electron chi connectivity index (χ4n) is 2.13. The van der Waals surface area contributed by atoms with Gasteiger partial charge in [0.15, 0.2) is 0 Å². The predicted molar refractivity (Wildman–Crippen MR) is 71.7 cm³/mol. The summed E-state index contributed by atoms with van der Waals surface area (Å²) in [4.78, 5) is 16.4. The molecule has 0 saturated carbocycles. The Balaban J connectivity index is 1.96. The molecule has 18 heavy (non-hydrogen) atoms. The van der Waals surface area contributed by atoms with E-state index < -0.39 is 6.04 Å². The summed E-state index contributed by atoms with van der Waals surface area (Å²) in [5, 5.41) is 4.63. The third-order valence-electron chi connectivity index (χ3n) is 3.22. The van der Waals surface area contributed by atoms with Gasteiger partial charge in [-0.3, -0.25) is 4.79 Å². The summed E-state index contributed by atoms with van der Waals surface area (Å²) in [5.74, 6) is 0.0988. The molecule has 1 aliphatic heterocycles. The second-order valence-electron chi connectivity index (χ2n) is 4.61. The van der Waals surface area contributed by atoms with Crippen LogP contribution in [0.25, 0.3) is 0 Å². The molecule has 1 aliphatic rings. The van der Waals surface area contributed by atoms with E-state index in [1.54, 1.807) is 0 Å². The molecule has 5 nitrogen and oxygen atoms in total. The Morgan fingerprint density at radius 2 is 2.17 bits per heavy atom. The number of nitrogens with two attached hydrogens (primary N) is 1. The molecule has 0 aromatic carbocycles. The van der Waals surface area contributed by atoms with E-state index in [9.17, 15) is 4.79 Å². The van der Waals surface area contributed by atoms with Crippen molar-refractivity contribution in [2.45, 2.75) is 32.7 Å². The lowest BCUT2D eigenvalue weighted by Crippen LogP contribution is -2.43. The largest absolute Gasteiger partial charge is 0.381 e. The summed E-state index contributed by atoms with van der Waals surface area (Å²) in [5.41, 5.74) is 6.87. The number of carbonyl (C=O) groups excluding carboxylic acids is 1. The third-order valence-corrected chi connectivity index (χ3v) is 4.21. The lowest BCUT2D eigenvalue weighted by Gasteiger charge is -2.26. The van der Waals surface area contributed by atoms with Gasteiger partial charge in [0.1, 0.15) is 5.00 Å². The van der Waals surface area contributed by atoms with Crippen molar-refractivity contribution in [3.05, 3.63) is 10.7 Å². The minimum absolute atomic E-state index is 0.117. The first-order valence-electron chi connectivity index (χ1n) is 6.16. The van der Waals surface area contributed by atoms with Gasteiger partial charge in [-0.15, -0.1) is 11.3 Å². The molecule has 0 radical (unpaired) electrons. The Bertz CT molecular complexity index is 427. The molecule has 1 atom stereocenters. The number of hydrogen-bond donors (Lipinski definition) is 2. The van der Waals surface area contributed by atoms with Crippen LogP contribution in [-0.4, -0.2) is 30.1 Å². The number of carbonyl (C=O) groups is 1. The van der Waals surface area contributed by atoms with E-state index in [1.807, 2.05) is 13.8 Å². The van der Waals surface area contributed by atoms with Crippen molar-refractivity contribution in [2.24, 2.45) is 11.7 Å². The minimum Gasteiger partial charge on any atom is -0.381 e. The molecule has 1 aromatic rings. The fourth-order valence-corrected chi connectivity index (χ4v) is 2.95. The van der Waals surface area contributed by atoms with Crippen molar-refractivity contribution >= 4 is 22.2 Å². The molecule has 0 spiro atoms. The molecule has 0 bridgehead atoms. The number of thiazole rings is 1. The van der Waals surface area contributed by atoms with Gasteiger partial charge in [0.25, 0.3) is 0 Å². The van der Waals surface area contributed by atoms with Crippen LogP contribution in [0.2, 0.25) is 0 Å². The van der Waals surface area contributed by atoms with Crippen LogP contribution in [0.15, 0.2) is 0 Å². The highest BCUT2D eigenvalue weighted by Gasteiger charge is 2.27. The van der Waals surface area contributed by atoms with Crippen molar-refractivity contribution in [2.75, 3.05) is 18.5 Å². The van der Waals surface area contributed by atoms with Gasteiger partial charge < -0.3 is 15.8 Å². The van der Waals surface area contributed by atoms with E-state index in [4.69, 9.17) is 10.5 Å². The second-order valence-corrected chi connectivity index (χ2v) is 5.82. The first kappa shape index (κ1) is 13.5. The van der Waals surface area contributed by atoms with Gasteiger partial charge in [0.2, 0.25) is 5.91 Å². The van der Waals surface area contributed by atoms with Gasteiger partial charge in [-0.1, -0.05) is 0 Å². The van der Waals surface area contributed by atoms with Crippen molar-refractivity contribution in [1.82, 2.24) is 4.98 Å². The van der Waals surface area contributed by atoms with E-state index in [0.29, 0.717) is 13.2 Å². The number of nitrogens with one attached hydrogen (secondary N) is 1. The van der Waals surface area contributed by atoms with Crippen LogP contribution in [0.4, 0.5) is 5.00 Å². The van der Waals surface area contributed by atoms with Gasteiger partial charge in [-0.2, -0.15) is 0 Å². The van der Waals surface area contributed by atoms with E-state index in [-0.39, 0.29) is 11.8 Å². The minimum atomic E-state index is -0.462. The molecule has 0 aliphatic carbocycles. The number of rotatable bonds is 3. The number of aryl methyl sites for hydroxylation is 2. The normalized spacial score (nSPS) is 18.6. The van der Waals surface area contributed by atoms with Crippen LogP contribution in [0.3, 0.4) is 0 Å². The Hall–Kier alpha value is -0.980. The van der Waals surface area contributed by atoms with Gasteiger partial charge >= 0.3 is 0 Å². The number of nitrogens with zero attached hydrogens (tertiary/aromatic N) is 1. The molecule has 100 valence electrons. The molecule has 1 fully saturated rings. The summed E-state index contributed by atoms with van der Waals surface area (Å²) in [6, 6.07) is -0.462. The third kappa shape index (κ3) is 3.07. The lowest BCUT2D eigenvalue weighted by atomic mass is 9.92. The Morgan fingerprint density at radius 3 is 2.72 bits per heavy atom. The average Bonchev–Trinajstić information content (AvgIpc) is 2.68. The molecular weight excluding hydrogens is 250 g/mol. The van der Waals surface area contributed by atoms with Crippen molar-refractivity contribution in [1.29, 1.82) is 0 Å². The number of hydrogen-bond acceptors (Lipinski definition) is 5. The van der Waals surface area contributed by atoms with Gasteiger partial charge in [0, 0.05) is 13.2 Å². The zero-order valence-corrected chi connectivity index (χ0v) is 11.5. The molecule has 1 aromatic heterocycles. The SMILES string of the molecule is Cc1nc(C)c(NC(=O)C(N)C2CCOCC2)s1. The molecule has 1 amide bonds. The van der Waals surface area contributed by atoms with Crippen LogP contribution in [-0.2, 0) is 9.53 Å². The Labute approximate surface area is 111 Å². The number of amides is 1. The fraction of sp³-hybridized carbons (Fsp3) is 0.667. The monoisotopic (exact) mass is 269 g/mol. The van der Waals surface area contributed by atoms with Crippen LogP contribution in [0.5, 0.6) is 0 Å². The smallest absolute Gasteiger partial charge is 0.242 e. The van der Waals surface area contributed by atoms with E-state index in [1.165, 1.54) is 11.3 Å². The number of anilines is 1. The highest BCUT2D eigenvalue weighted by molar-refractivity contribution is 7.16. The van der Waals surface area contributed by atoms with Crippen molar-refractivity contribution in [3.63, 3.8) is 0 Å². The molecule has 1 saturated heterocycles. The number of aromatic nitrogens is 1. The average molecular weight is 269 g/mol. The first-order valence-corrected chi connectivity index (χ1v) is 6.98. The highest BCUT2D eigenvalue weighted by Crippen LogP contribution is 2.24. The topological polar surface area (TPSA) is 77.2 Å². The maximum absolute atomic E-state index is 12.1. The quantitative estimate of drug-likeness (QED) is 0.870. The summed E-state index contributed by atoms with van der Waals surface area (Å²) in [6.45, 7) is 5.21. The summed E-state index contributed by atoms with van der Waals surface area (Å²) in [7, 11) is 0. The van der Waals surface area contributed by atoms with Crippen LogP contribution in [0.1, 0.15) is 23.5 Å². The van der Waals surface area contributed by atoms with Crippen molar-refractivity contribution in [3.8, 4) is 0 Å². The number of ether oxygens (including phenoxy) is 1. The summed E-state index contributed by atoms with van der Waals surface area (Å²) in [6.07, 6.45) is 1.71. The second kappa shape index (κ2) is 5.77. The molecule has 1 unspecified atom stereocenters. The van der Waals surface area contributed by atoms with E-state index in [0.717, 1.165) is 28.5 Å². The lowest BCUT2D eigenvalue weighted by molar-refractivity contribution is -0.119. The summed E-state index contributed by atoms with van der Waals surface area (Å²) >= 11 is 1.48. The molecule has 2 rings (SSSR count). The molecule has 2 heterocycles. The Morgan fingerprint density at radius 1 is 1.50 bits per heavy atom. The van der Waals surface area contributed by atoms with Gasteiger partial charge in [-0.05, 0) is 32.6 Å². The van der Waals surface area contributed by atoms with Gasteiger partial charge in [-0.25, -0.2) is 4.98 Å². The predicted octanol–water partition coefficient (Wildman–Crippen LogP) is 1.45. The van der Waals surface area contributed by atoms with E-state index >= 15 is 0 Å². The maximum Gasteiger partial charge on any atom is 0.242 e. The molecule has 6 heteroatoms. The highest BCUT2D eigenvalue weighted by atomic mass is 32.1. The molecule has 3 N–H and O–H groups in total. The van der Waals surface area contributed by atoms with Gasteiger partial charge in [0.05, 0.1) is 16.7 Å². The van der Waals surface area contributed by atoms with E-state index in [2.05, 4.69) is 10.3 Å². The molecular formula is C12H19N3O2S. The maximum atomic E-state index is 12.1. The standard InChI is InChI=1S/C12H19N3O2S/c1-7-12(18-8(2)14-7)15-11(16)10(13)9-3-5-17-6-4-9/h9-10H,3-6,13H2,1-2H3,(H,15,16). The van der Waals surface area contributed by atoms with Crippen LogP contribution >= 0.6 is 11.3 Å². The summed E-state index contributed by atoms with van der Waals surface area (Å²) < 4.78 is 5.28.